The SMILES string of the molecule is O=C(O)CN1C(=O)/C(=C\c2ccc3c(c2)C2CCCC2N3Cc2ccccc2)SC1S. The Morgan fingerprint density at radius 2 is 1.97 bits per heavy atom. The second-order valence-corrected chi connectivity index (χ2v) is 10.3. The predicted molar refractivity (Wildman–Crippen MR) is 127 cm³/mol. The highest BCUT2D eigenvalue weighted by Gasteiger charge is 2.41. The smallest absolute Gasteiger partial charge is 0.323 e. The molecule has 0 bridgehead atoms. The molecular weight excluding hydrogens is 428 g/mol. The van der Waals surface area contributed by atoms with Crippen LogP contribution in [0.4, 0.5) is 5.69 Å². The number of anilines is 1. The summed E-state index contributed by atoms with van der Waals surface area (Å²) in [5, 5.41) is 9.05. The molecule has 2 aromatic carbocycles. The number of amides is 1. The molecule has 0 aromatic heterocycles. The number of hydrogen-bond donors (Lipinski definition) is 2. The van der Waals surface area contributed by atoms with E-state index >= 15 is 0 Å². The molecule has 2 heterocycles. The molecule has 3 atom stereocenters. The van der Waals surface area contributed by atoms with Crippen molar-refractivity contribution in [2.75, 3.05) is 11.4 Å². The molecular formula is C24H24N2O3S2. The molecule has 2 aliphatic heterocycles. The van der Waals surface area contributed by atoms with E-state index in [-0.39, 0.29) is 12.5 Å². The summed E-state index contributed by atoms with van der Waals surface area (Å²) in [5.41, 5.74) is 4.97. The maximum Gasteiger partial charge on any atom is 0.323 e. The molecule has 1 saturated heterocycles. The molecule has 7 heteroatoms. The van der Waals surface area contributed by atoms with Crippen LogP contribution >= 0.6 is 24.4 Å². The van der Waals surface area contributed by atoms with E-state index in [1.54, 1.807) is 0 Å². The van der Waals surface area contributed by atoms with Gasteiger partial charge in [-0.1, -0.05) is 54.6 Å². The summed E-state index contributed by atoms with van der Waals surface area (Å²) in [6, 6.07) is 17.6. The summed E-state index contributed by atoms with van der Waals surface area (Å²) in [5.74, 6) is -0.764. The molecule has 1 saturated carbocycles. The van der Waals surface area contributed by atoms with Crippen LogP contribution in [0.1, 0.15) is 41.9 Å². The first kappa shape index (κ1) is 20.5. The third kappa shape index (κ3) is 3.85. The van der Waals surface area contributed by atoms with Gasteiger partial charge in [-0.3, -0.25) is 9.59 Å². The van der Waals surface area contributed by atoms with Crippen molar-refractivity contribution >= 4 is 48.0 Å². The molecule has 1 aliphatic carbocycles. The quantitative estimate of drug-likeness (QED) is 0.515. The van der Waals surface area contributed by atoms with Crippen molar-refractivity contribution in [3.8, 4) is 0 Å². The van der Waals surface area contributed by atoms with E-state index in [0.29, 0.717) is 16.9 Å². The number of carbonyl (C=O) groups excluding carboxylic acids is 1. The second-order valence-electron chi connectivity index (χ2n) is 8.32. The Labute approximate surface area is 191 Å². The minimum Gasteiger partial charge on any atom is -0.480 e. The molecule has 3 unspecified atom stereocenters. The van der Waals surface area contributed by atoms with Gasteiger partial charge < -0.3 is 14.9 Å². The number of benzene rings is 2. The zero-order chi connectivity index (χ0) is 21.5. The van der Waals surface area contributed by atoms with Gasteiger partial charge in [0.05, 0.1) is 4.91 Å². The Bertz CT molecular complexity index is 1060. The highest BCUT2D eigenvalue weighted by Crippen LogP contribution is 2.50. The fourth-order valence-electron chi connectivity index (χ4n) is 5.07. The number of carbonyl (C=O) groups is 2. The Kier molecular flexibility index (Phi) is 5.48. The predicted octanol–water partition coefficient (Wildman–Crippen LogP) is 4.56. The molecule has 2 fully saturated rings. The summed E-state index contributed by atoms with van der Waals surface area (Å²) in [7, 11) is 0. The molecule has 1 N–H and O–H groups in total. The standard InChI is InChI=1S/C24H24N2O3S2/c27-22(28)14-26-23(29)21(31-24(26)30)12-16-9-10-20-18(11-16)17-7-4-8-19(17)25(20)13-15-5-2-1-3-6-15/h1-3,5-6,9-12,17,19,24,30H,4,7-8,13-14H2,(H,27,28)/b21-12+. The van der Waals surface area contributed by atoms with E-state index in [4.69, 9.17) is 5.11 Å². The maximum atomic E-state index is 12.6. The zero-order valence-corrected chi connectivity index (χ0v) is 18.7. The van der Waals surface area contributed by atoms with E-state index in [9.17, 15) is 9.59 Å². The number of hydrogen-bond acceptors (Lipinski definition) is 5. The van der Waals surface area contributed by atoms with Gasteiger partial charge in [0.25, 0.3) is 5.91 Å². The molecule has 0 spiro atoms. The summed E-state index contributed by atoms with van der Waals surface area (Å²) >= 11 is 5.68. The fraction of sp³-hybridized carbons (Fsp3) is 0.333. The second kappa shape index (κ2) is 8.28. The van der Waals surface area contributed by atoms with Crippen molar-refractivity contribution in [2.24, 2.45) is 0 Å². The number of nitrogens with zero attached hydrogens (tertiary/aromatic N) is 2. The number of thiol groups is 1. The van der Waals surface area contributed by atoms with Gasteiger partial charge in [0, 0.05) is 24.2 Å². The van der Waals surface area contributed by atoms with Crippen LogP contribution in [0.3, 0.4) is 0 Å². The van der Waals surface area contributed by atoms with Crippen molar-refractivity contribution in [1.82, 2.24) is 4.90 Å². The third-order valence-electron chi connectivity index (χ3n) is 6.41. The van der Waals surface area contributed by atoms with Crippen LogP contribution in [0.5, 0.6) is 0 Å². The molecule has 0 radical (unpaired) electrons. The van der Waals surface area contributed by atoms with Crippen molar-refractivity contribution in [1.29, 1.82) is 0 Å². The number of carboxylic acids is 1. The lowest BCUT2D eigenvalue weighted by Gasteiger charge is -2.27. The van der Waals surface area contributed by atoms with Gasteiger partial charge in [-0.05, 0) is 47.7 Å². The van der Waals surface area contributed by atoms with Crippen LogP contribution in [-0.4, -0.2) is 39.2 Å². The van der Waals surface area contributed by atoms with Gasteiger partial charge in [0.15, 0.2) is 0 Å². The topological polar surface area (TPSA) is 60.9 Å². The monoisotopic (exact) mass is 452 g/mol. The van der Waals surface area contributed by atoms with Gasteiger partial charge in [0.1, 0.15) is 11.3 Å². The van der Waals surface area contributed by atoms with Crippen LogP contribution in [-0.2, 0) is 16.1 Å². The fourth-order valence-corrected chi connectivity index (χ4v) is 6.55. The zero-order valence-electron chi connectivity index (χ0n) is 17.0. The van der Waals surface area contributed by atoms with Gasteiger partial charge in [-0.25, -0.2) is 0 Å². The number of fused-ring (bicyclic) bond motifs is 3. The lowest BCUT2D eigenvalue weighted by molar-refractivity contribution is -0.142. The Balaban J connectivity index is 1.43. The van der Waals surface area contributed by atoms with Crippen LogP contribution < -0.4 is 4.90 Å². The van der Waals surface area contributed by atoms with E-state index in [1.165, 1.54) is 52.7 Å². The Morgan fingerprint density at radius 1 is 1.16 bits per heavy atom. The van der Waals surface area contributed by atoms with Crippen molar-refractivity contribution in [2.45, 2.75) is 42.5 Å². The maximum absolute atomic E-state index is 12.6. The molecule has 3 aliphatic rings. The van der Waals surface area contributed by atoms with Gasteiger partial charge >= 0.3 is 5.97 Å². The molecule has 1 amide bonds. The number of thioether (sulfide) groups is 1. The highest BCUT2D eigenvalue weighted by atomic mass is 32.2. The van der Waals surface area contributed by atoms with E-state index in [0.717, 1.165) is 12.1 Å². The average Bonchev–Trinajstić information content (AvgIpc) is 3.41. The van der Waals surface area contributed by atoms with E-state index < -0.39 is 10.7 Å². The summed E-state index contributed by atoms with van der Waals surface area (Å²) < 4.78 is -0.468. The van der Waals surface area contributed by atoms with E-state index in [2.05, 4.69) is 66.1 Å². The Morgan fingerprint density at radius 3 is 2.74 bits per heavy atom. The van der Waals surface area contributed by atoms with Gasteiger partial charge in [-0.15, -0.1) is 12.6 Å². The number of carboxylic acid groups (broad SMARTS) is 1. The van der Waals surface area contributed by atoms with Crippen LogP contribution in [0.25, 0.3) is 6.08 Å². The molecule has 5 rings (SSSR count). The molecule has 2 aromatic rings. The van der Waals surface area contributed by atoms with Crippen LogP contribution in [0.15, 0.2) is 53.4 Å². The highest BCUT2D eigenvalue weighted by molar-refractivity contribution is 8.14. The summed E-state index contributed by atoms with van der Waals surface area (Å²) in [6.07, 6.45) is 5.53. The lowest BCUT2D eigenvalue weighted by atomic mass is 9.96. The van der Waals surface area contributed by atoms with Crippen LogP contribution in [0.2, 0.25) is 0 Å². The van der Waals surface area contributed by atoms with Crippen molar-refractivity contribution in [3.05, 3.63) is 70.1 Å². The lowest BCUT2D eigenvalue weighted by Crippen LogP contribution is -2.34. The van der Waals surface area contributed by atoms with Crippen molar-refractivity contribution in [3.63, 3.8) is 0 Å². The van der Waals surface area contributed by atoms with Crippen molar-refractivity contribution < 1.29 is 14.7 Å². The number of rotatable bonds is 5. The first-order chi connectivity index (χ1) is 15.0. The van der Waals surface area contributed by atoms with E-state index in [1.807, 2.05) is 6.08 Å². The normalized spacial score (nSPS) is 25.9. The first-order valence-corrected chi connectivity index (χ1v) is 11.9. The van der Waals surface area contributed by atoms with Gasteiger partial charge in [-0.2, -0.15) is 0 Å². The average molecular weight is 453 g/mol. The largest absolute Gasteiger partial charge is 0.480 e. The molecule has 5 nitrogen and oxygen atoms in total. The minimum atomic E-state index is -1.03. The molecule has 31 heavy (non-hydrogen) atoms. The van der Waals surface area contributed by atoms with Gasteiger partial charge in [0.2, 0.25) is 0 Å². The number of aliphatic carboxylic acids is 1. The minimum absolute atomic E-state index is 0.266. The molecule has 160 valence electrons. The van der Waals surface area contributed by atoms with Crippen LogP contribution in [0, 0.1) is 0 Å². The summed E-state index contributed by atoms with van der Waals surface area (Å²) in [6.45, 7) is 0.578. The Hall–Kier alpha value is -2.38. The first-order valence-electron chi connectivity index (χ1n) is 10.5. The third-order valence-corrected chi connectivity index (χ3v) is 8.02. The summed E-state index contributed by atoms with van der Waals surface area (Å²) in [4.78, 5) is 28.1.